The number of aryl methyl sites for hydroxylation is 1. The van der Waals surface area contributed by atoms with Gasteiger partial charge in [-0.1, -0.05) is 18.2 Å². The molecule has 27 heavy (non-hydrogen) atoms. The van der Waals surface area contributed by atoms with Crippen molar-refractivity contribution in [2.45, 2.75) is 32.8 Å². The molecule has 0 aromatic heterocycles. The monoisotopic (exact) mass is 369 g/mol. The number of ether oxygens (including phenoxy) is 3. The van der Waals surface area contributed by atoms with Gasteiger partial charge in [-0.25, -0.2) is 4.79 Å². The second-order valence-electron chi connectivity index (χ2n) is 7.14. The maximum atomic E-state index is 12.3. The molecule has 0 unspecified atom stereocenters. The van der Waals surface area contributed by atoms with Crippen LogP contribution in [0.4, 0.5) is 5.69 Å². The van der Waals surface area contributed by atoms with Gasteiger partial charge in [0.25, 0.3) is 5.91 Å². The molecule has 2 aromatic rings. The van der Waals surface area contributed by atoms with E-state index in [1.54, 1.807) is 24.3 Å². The normalized spacial score (nSPS) is 14.1. The van der Waals surface area contributed by atoms with E-state index in [0.717, 1.165) is 17.5 Å². The Hall–Kier alpha value is -3.02. The number of benzene rings is 2. The fourth-order valence-corrected chi connectivity index (χ4v) is 3.03. The first-order valence-electron chi connectivity index (χ1n) is 8.71. The number of hydrogen-bond acceptors (Lipinski definition) is 5. The molecule has 0 radical (unpaired) electrons. The third kappa shape index (κ3) is 4.22. The minimum Gasteiger partial charge on any atom is -0.483 e. The highest BCUT2D eigenvalue weighted by Gasteiger charge is 2.32. The number of anilines is 1. The predicted octanol–water partition coefficient (Wildman–Crippen LogP) is 3.51. The molecule has 142 valence electrons. The van der Waals surface area contributed by atoms with Crippen molar-refractivity contribution in [2.24, 2.45) is 0 Å². The maximum Gasteiger partial charge on any atom is 0.337 e. The molecular weight excluding hydrogens is 346 g/mol. The van der Waals surface area contributed by atoms with E-state index in [1.807, 2.05) is 32.9 Å². The lowest BCUT2D eigenvalue weighted by Gasteiger charge is -2.18. The van der Waals surface area contributed by atoms with Crippen molar-refractivity contribution >= 4 is 17.6 Å². The standard InChI is InChI=1S/C21H23NO5/c1-13-8-9-14(20(24)25-4)10-16(13)22-18(23)12-26-17-7-5-6-15-11-21(2,3)27-19(15)17/h5-10H,11-12H2,1-4H3,(H,22,23). The van der Waals surface area contributed by atoms with E-state index in [1.165, 1.54) is 7.11 Å². The van der Waals surface area contributed by atoms with Crippen LogP contribution in [0.3, 0.4) is 0 Å². The fourth-order valence-electron chi connectivity index (χ4n) is 3.03. The van der Waals surface area contributed by atoms with Crippen LogP contribution in [0.25, 0.3) is 0 Å². The average Bonchev–Trinajstić information content (AvgIpc) is 2.95. The Morgan fingerprint density at radius 3 is 2.74 bits per heavy atom. The van der Waals surface area contributed by atoms with Crippen LogP contribution in [0, 0.1) is 6.92 Å². The van der Waals surface area contributed by atoms with E-state index in [4.69, 9.17) is 14.2 Å². The lowest BCUT2D eigenvalue weighted by Crippen LogP contribution is -2.25. The summed E-state index contributed by atoms with van der Waals surface area (Å²) in [5, 5.41) is 2.77. The molecule has 1 aliphatic rings. The number of amides is 1. The van der Waals surface area contributed by atoms with Crippen molar-refractivity contribution in [1.29, 1.82) is 0 Å². The van der Waals surface area contributed by atoms with E-state index < -0.39 is 5.97 Å². The van der Waals surface area contributed by atoms with Gasteiger partial charge in [-0.05, 0) is 44.5 Å². The number of hydrogen-bond donors (Lipinski definition) is 1. The van der Waals surface area contributed by atoms with Crippen LogP contribution in [0.1, 0.15) is 35.3 Å². The maximum absolute atomic E-state index is 12.3. The summed E-state index contributed by atoms with van der Waals surface area (Å²) in [5.41, 5.74) is 2.54. The SMILES string of the molecule is COC(=O)c1ccc(C)c(NC(=O)COc2cccc3c2OC(C)(C)C3)c1. The van der Waals surface area contributed by atoms with E-state index in [9.17, 15) is 9.59 Å². The van der Waals surface area contributed by atoms with E-state index in [-0.39, 0.29) is 18.1 Å². The largest absolute Gasteiger partial charge is 0.483 e. The first-order valence-corrected chi connectivity index (χ1v) is 8.71. The summed E-state index contributed by atoms with van der Waals surface area (Å²) < 4.78 is 16.3. The van der Waals surface area contributed by atoms with Crippen LogP contribution < -0.4 is 14.8 Å². The van der Waals surface area contributed by atoms with E-state index in [2.05, 4.69) is 5.32 Å². The minimum atomic E-state index is -0.457. The summed E-state index contributed by atoms with van der Waals surface area (Å²) >= 11 is 0. The van der Waals surface area contributed by atoms with Crippen molar-refractivity contribution in [3.63, 3.8) is 0 Å². The Labute approximate surface area is 158 Å². The number of carbonyl (C=O) groups is 2. The van der Waals surface area contributed by atoms with Crippen LogP contribution in [0.2, 0.25) is 0 Å². The van der Waals surface area contributed by atoms with E-state index in [0.29, 0.717) is 22.7 Å². The minimum absolute atomic E-state index is 0.165. The van der Waals surface area contributed by atoms with Crippen LogP contribution in [0.5, 0.6) is 11.5 Å². The summed E-state index contributed by atoms with van der Waals surface area (Å²) in [6.07, 6.45) is 0.797. The molecule has 1 heterocycles. The van der Waals surface area contributed by atoms with Gasteiger partial charge in [-0.2, -0.15) is 0 Å². The number of rotatable bonds is 5. The summed E-state index contributed by atoms with van der Waals surface area (Å²) in [6, 6.07) is 10.7. The zero-order valence-electron chi connectivity index (χ0n) is 15.9. The van der Waals surface area contributed by atoms with Crippen molar-refractivity contribution < 1.29 is 23.8 Å². The van der Waals surface area contributed by atoms with Gasteiger partial charge in [0.05, 0.1) is 12.7 Å². The third-order valence-corrected chi connectivity index (χ3v) is 4.35. The highest BCUT2D eigenvalue weighted by atomic mass is 16.5. The molecule has 0 saturated carbocycles. The number of esters is 1. The third-order valence-electron chi connectivity index (χ3n) is 4.35. The van der Waals surface area contributed by atoms with Gasteiger partial charge in [0.1, 0.15) is 5.60 Å². The molecule has 6 nitrogen and oxygen atoms in total. The van der Waals surface area contributed by atoms with Crippen molar-refractivity contribution in [3.05, 3.63) is 53.1 Å². The lowest BCUT2D eigenvalue weighted by molar-refractivity contribution is -0.118. The Balaban J connectivity index is 1.67. The first-order chi connectivity index (χ1) is 12.8. The molecule has 0 fully saturated rings. The number of fused-ring (bicyclic) bond motifs is 1. The molecule has 0 atom stereocenters. The quantitative estimate of drug-likeness (QED) is 0.817. The fraction of sp³-hybridized carbons (Fsp3) is 0.333. The predicted molar refractivity (Wildman–Crippen MR) is 101 cm³/mol. The number of carbonyl (C=O) groups excluding carboxylic acids is 2. The van der Waals surface area contributed by atoms with Gasteiger partial charge in [-0.3, -0.25) is 4.79 Å². The molecule has 1 N–H and O–H groups in total. The van der Waals surface area contributed by atoms with Crippen LogP contribution >= 0.6 is 0 Å². The molecule has 0 bridgehead atoms. The second-order valence-corrected chi connectivity index (χ2v) is 7.14. The summed E-state index contributed by atoms with van der Waals surface area (Å²) in [7, 11) is 1.32. The van der Waals surface area contributed by atoms with Crippen molar-refractivity contribution in [1.82, 2.24) is 0 Å². The van der Waals surface area contributed by atoms with Crippen LogP contribution in [0.15, 0.2) is 36.4 Å². The van der Waals surface area contributed by atoms with Gasteiger partial charge in [0, 0.05) is 17.7 Å². The summed E-state index contributed by atoms with van der Waals surface area (Å²) in [5.74, 6) is 0.462. The Bertz CT molecular complexity index is 888. The second kappa shape index (κ2) is 7.31. The van der Waals surface area contributed by atoms with Gasteiger partial charge in [0.15, 0.2) is 18.1 Å². The topological polar surface area (TPSA) is 73.9 Å². The van der Waals surface area contributed by atoms with Gasteiger partial charge in [-0.15, -0.1) is 0 Å². The molecular formula is C21H23NO5. The molecule has 1 amide bonds. The Morgan fingerprint density at radius 1 is 1.22 bits per heavy atom. The average molecular weight is 369 g/mol. The number of nitrogens with one attached hydrogen (secondary N) is 1. The zero-order valence-corrected chi connectivity index (χ0v) is 15.9. The summed E-state index contributed by atoms with van der Waals surface area (Å²) in [6.45, 7) is 5.71. The van der Waals surface area contributed by atoms with Crippen LogP contribution in [-0.4, -0.2) is 31.2 Å². The molecule has 6 heteroatoms. The van der Waals surface area contributed by atoms with Crippen molar-refractivity contribution in [2.75, 3.05) is 19.0 Å². The molecule has 0 spiro atoms. The molecule has 2 aromatic carbocycles. The molecule has 0 aliphatic carbocycles. The first kappa shape index (κ1) is 18.8. The van der Waals surface area contributed by atoms with Gasteiger partial charge < -0.3 is 19.5 Å². The van der Waals surface area contributed by atoms with Crippen molar-refractivity contribution in [3.8, 4) is 11.5 Å². The summed E-state index contributed by atoms with van der Waals surface area (Å²) in [4.78, 5) is 24.0. The molecule has 1 aliphatic heterocycles. The Morgan fingerprint density at radius 2 is 2.00 bits per heavy atom. The van der Waals surface area contributed by atoms with Gasteiger partial charge in [0.2, 0.25) is 0 Å². The number of para-hydroxylation sites is 1. The molecule has 0 saturated heterocycles. The Kier molecular flexibility index (Phi) is 5.08. The van der Waals surface area contributed by atoms with Gasteiger partial charge >= 0.3 is 5.97 Å². The smallest absolute Gasteiger partial charge is 0.337 e. The van der Waals surface area contributed by atoms with E-state index >= 15 is 0 Å². The molecule has 3 rings (SSSR count). The lowest BCUT2D eigenvalue weighted by atomic mass is 10.0. The highest BCUT2D eigenvalue weighted by molar-refractivity contribution is 5.96. The highest BCUT2D eigenvalue weighted by Crippen LogP contribution is 2.41. The van der Waals surface area contributed by atoms with Crippen LogP contribution in [-0.2, 0) is 16.0 Å². The number of methoxy groups -OCH3 is 1. The zero-order chi connectivity index (χ0) is 19.6.